The van der Waals surface area contributed by atoms with Gasteiger partial charge in [0.2, 0.25) is 0 Å². The van der Waals surface area contributed by atoms with Gasteiger partial charge in [0.25, 0.3) is 0 Å². The third-order valence-electron chi connectivity index (χ3n) is 8.75. The van der Waals surface area contributed by atoms with Crippen LogP contribution in [0.3, 0.4) is 0 Å². The second-order valence-corrected chi connectivity index (χ2v) is 9.55. The Kier molecular flexibility index (Phi) is 3.37. The van der Waals surface area contributed by atoms with E-state index in [1.807, 2.05) is 27.7 Å². The van der Waals surface area contributed by atoms with E-state index in [1.54, 1.807) is 12.2 Å². The summed E-state index contributed by atoms with van der Waals surface area (Å²) in [5.41, 5.74) is -3.33. The van der Waals surface area contributed by atoms with Crippen molar-refractivity contribution in [2.24, 2.45) is 28.6 Å². The van der Waals surface area contributed by atoms with Crippen LogP contribution in [0.4, 0.5) is 4.39 Å². The highest BCUT2D eigenvalue weighted by Gasteiger charge is 2.73. The zero-order valence-electron chi connectivity index (χ0n) is 15.6. The maximum atomic E-state index is 16.7. The number of rotatable bonds is 0. The van der Waals surface area contributed by atoms with Crippen molar-refractivity contribution in [2.75, 3.05) is 0 Å². The summed E-state index contributed by atoms with van der Waals surface area (Å²) in [6.07, 6.45) is 5.88. The fraction of sp³-hybridized carbons (Fsp3) is 0.762. The monoisotopic (exact) mass is 348 g/mol. The molecule has 8 atom stereocenters. The number of ketones is 1. The Labute approximate surface area is 149 Å². The number of alkyl halides is 1. The van der Waals surface area contributed by atoms with E-state index in [0.29, 0.717) is 12.8 Å². The van der Waals surface area contributed by atoms with Crippen molar-refractivity contribution in [2.45, 2.75) is 70.8 Å². The van der Waals surface area contributed by atoms with Crippen LogP contribution in [-0.2, 0) is 4.79 Å². The van der Waals surface area contributed by atoms with E-state index in [2.05, 4.69) is 0 Å². The van der Waals surface area contributed by atoms with Crippen LogP contribution in [0.5, 0.6) is 0 Å². The number of aliphatic hydroxyl groups excluding tert-OH is 1. The molecule has 0 aromatic carbocycles. The zero-order chi connectivity index (χ0) is 18.4. The summed E-state index contributed by atoms with van der Waals surface area (Å²) in [6.45, 7) is 7.74. The number of allylic oxidation sites excluding steroid dienone is 4. The van der Waals surface area contributed by atoms with Crippen molar-refractivity contribution in [1.82, 2.24) is 0 Å². The van der Waals surface area contributed by atoms with Gasteiger partial charge in [0.1, 0.15) is 0 Å². The normalized spacial score (nSPS) is 57.6. The second kappa shape index (κ2) is 4.83. The van der Waals surface area contributed by atoms with E-state index < -0.39 is 28.2 Å². The van der Waals surface area contributed by atoms with Crippen LogP contribution in [0, 0.1) is 28.6 Å². The van der Waals surface area contributed by atoms with Crippen molar-refractivity contribution in [1.29, 1.82) is 0 Å². The summed E-state index contributed by atoms with van der Waals surface area (Å²) >= 11 is 0. The third kappa shape index (κ3) is 1.80. The number of carbonyl (C=O) groups is 1. The summed E-state index contributed by atoms with van der Waals surface area (Å²) in [5.74, 6) is -0.291. The van der Waals surface area contributed by atoms with E-state index in [-0.39, 0.29) is 30.0 Å². The molecule has 4 aliphatic rings. The molecule has 0 radical (unpaired) electrons. The summed E-state index contributed by atoms with van der Waals surface area (Å²) < 4.78 is 16.7. The van der Waals surface area contributed by atoms with Crippen LogP contribution < -0.4 is 0 Å². The van der Waals surface area contributed by atoms with Crippen LogP contribution in [0.1, 0.15) is 53.4 Å². The Morgan fingerprint density at radius 2 is 1.92 bits per heavy atom. The molecule has 138 valence electrons. The highest BCUT2D eigenvalue weighted by Crippen LogP contribution is 2.70. The Balaban J connectivity index is 1.84. The molecule has 0 aliphatic heterocycles. The van der Waals surface area contributed by atoms with Gasteiger partial charge in [-0.1, -0.05) is 25.5 Å². The van der Waals surface area contributed by atoms with Crippen molar-refractivity contribution in [3.63, 3.8) is 0 Å². The first kappa shape index (κ1) is 17.4. The quantitative estimate of drug-likeness (QED) is 0.706. The maximum absolute atomic E-state index is 16.7. The minimum Gasteiger partial charge on any atom is -0.390 e. The number of hydrogen-bond donors (Lipinski definition) is 2. The summed E-state index contributed by atoms with van der Waals surface area (Å²) in [5, 5.41) is 22.2. The molecule has 3 saturated carbocycles. The molecule has 2 N–H and O–H groups in total. The van der Waals surface area contributed by atoms with Crippen LogP contribution in [0.2, 0.25) is 0 Å². The van der Waals surface area contributed by atoms with Gasteiger partial charge in [-0.05, 0) is 63.5 Å². The van der Waals surface area contributed by atoms with Crippen molar-refractivity contribution >= 4 is 5.78 Å². The van der Waals surface area contributed by atoms with Gasteiger partial charge in [0, 0.05) is 16.7 Å². The Hall–Kier alpha value is -1.00. The molecule has 0 aromatic heterocycles. The van der Waals surface area contributed by atoms with Gasteiger partial charge in [-0.2, -0.15) is 0 Å². The zero-order valence-corrected chi connectivity index (χ0v) is 15.6. The first-order valence-corrected chi connectivity index (χ1v) is 9.52. The van der Waals surface area contributed by atoms with Gasteiger partial charge in [0.15, 0.2) is 11.5 Å². The van der Waals surface area contributed by atoms with Crippen molar-refractivity contribution in [3.8, 4) is 0 Å². The molecule has 2 unspecified atom stereocenters. The second-order valence-electron chi connectivity index (χ2n) is 9.55. The lowest BCUT2D eigenvalue weighted by molar-refractivity contribution is -0.216. The van der Waals surface area contributed by atoms with Gasteiger partial charge in [-0.25, -0.2) is 4.39 Å². The smallest absolute Gasteiger partial charge is 0.178 e. The minimum atomic E-state index is -1.79. The van der Waals surface area contributed by atoms with E-state index in [4.69, 9.17) is 0 Å². The van der Waals surface area contributed by atoms with Crippen LogP contribution in [-0.4, -0.2) is 33.4 Å². The Bertz CT molecular complexity index is 695. The fourth-order valence-electron chi connectivity index (χ4n) is 6.75. The molecule has 3 fully saturated rings. The molecular weight excluding hydrogens is 319 g/mol. The van der Waals surface area contributed by atoms with Crippen molar-refractivity contribution in [3.05, 3.63) is 23.8 Å². The van der Waals surface area contributed by atoms with Gasteiger partial charge in [-0.15, -0.1) is 0 Å². The lowest BCUT2D eigenvalue weighted by Crippen LogP contribution is -2.68. The molecule has 0 bridgehead atoms. The largest absolute Gasteiger partial charge is 0.390 e. The van der Waals surface area contributed by atoms with E-state index in [0.717, 1.165) is 12.0 Å². The third-order valence-corrected chi connectivity index (χ3v) is 8.75. The van der Waals surface area contributed by atoms with Gasteiger partial charge >= 0.3 is 0 Å². The molecule has 3 nitrogen and oxygen atoms in total. The van der Waals surface area contributed by atoms with E-state index in [1.165, 1.54) is 6.08 Å². The van der Waals surface area contributed by atoms with E-state index in [9.17, 15) is 15.0 Å². The molecule has 4 heteroatoms. The molecule has 25 heavy (non-hydrogen) atoms. The standard InChI is InChI=1S/C21H29FO3/c1-12-9-16-15-6-5-13-10-14(23)7-8-18(13,2)21(15,22)17(24)11-19(16,3)20(12,4)25/h7-8,10,12,15-17,24-25H,5-6,9,11H2,1-4H3/t12-,15?,16?,17+,18+,19+,20-,21+/m1/s1. The first-order chi connectivity index (χ1) is 11.5. The summed E-state index contributed by atoms with van der Waals surface area (Å²) in [6, 6.07) is 0. The Morgan fingerprint density at radius 1 is 1.24 bits per heavy atom. The fourth-order valence-corrected chi connectivity index (χ4v) is 6.75. The molecule has 0 saturated heterocycles. The molecule has 0 aromatic rings. The predicted molar refractivity (Wildman–Crippen MR) is 93.5 cm³/mol. The number of hydrogen-bond acceptors (Lipinski definition) is 3. The van der Waals surface area contributed by atoms with Crippen LogP contribution in [0.15, 0.2) is 23.8 Å². The number of aliphatic hydroxyl groups is 2. The highest BCUT2D eigenvalue weighted by molar-refractivity contribution is 6.01. The number of fused-ring (bicyclic) bond motifs is 5. The lowest BCUT2D eigenvalue weighted by Gasteiger charge is -2.62. The summed E-state index contributed by atoms with van der Waals surface area (Å²) in [7, 11) is 0. The average molecular weight is 348 g/mol. The Morgan fingerprint density at radius 3 is 2.60 bits per heavy atom. The lowest BCUT2D eigenvalue weighted by atomic mass is 9.45. The van der Waals surface area contributed by atoms with E-state index >= 15 is 4.39 Å². The molecule has 4 aliphatic carbocycles. The first-order valence-electron chi connectivity index (χ1n) is 9.52. The predicted octanol–water partition coefficient (Wildman–Crippen LogP) is 3.35. The van der Waals surface area contributed by atoms with Gasteiger partial charge in [-0.3, -0.25) is 4.79 Å². The number of carbonyl (C=O) groups excluding carboxylic acids is 1. The van der Waals surface area contributed by atoms with Crippen molar-refractivity contribution < 1.29 is 19.4 Å². The molecule has 0 amide bonds. The maximum Gasteiger partial charge on any atom is 0.178 e. The number of halogens is 1. The average Bonchev–Trinajstić information content (AvgIpc) is 2.70. The molecular formula is C21H29FO3. The molecule has 4 rings (SSSR count). The molecule has 0 spiro atoms. The highest BCUT2D eigenvalue weighted by atomic mass is 19.1. The minimum absolute atomic E-state index is 0.0373. The molecule has 0 heterocycles. The van der Waals surface area contributed by atoms with Crippen LogP contribution in [0.25, 0.3) is 0 Å². The van der Waals surface area contributed by atoms with Crippen LogP contribution >= 0.6 is 0 Å². The SMILES string of the molecule is C[C@@H]1CC2C3CCC4=CC(=O)C=C[C@]4(C)[C@@]3(F)[C@@H](O)C[C@]2(C)[C@]1(C)O. The van der Waals surface area contributed by atoms with Gasteiger partial charge < -0.3 is 10.2 Å². The van der Waals surface area contributed by atoms with Gasteiger partial charge in [0.05, 0.1) is 11.7 Å². The topological polar surface area (TPSA) is 57.5 Å². The summed E-state index contributed by atoms with van der Waals surface area (Å²) in [4.78, 5) is 11.8.